The molecule has 1 aliphatic heterocycles. The Morgan fingerprint density at radius 3 is 2.84 bits per heavy atom. The molecule has 2 aromatic carbocycles. The van der Waals surface area contributed by atoms with E-state index in [2.05, 4.69) is 5.32 Å². The first-order valence-corrected chi connectivity index (χ1v) is 8.65. The summed E-state index contributed by atoms with van der Waals surface area (Å²) in [6.07, 6.45) is 0.997. The predicted octanol–water partition coefficient (Wildman–Crippen LogP) is 4.31. The molecule has 0 saturated carbocycles. The van der Waals surface area contributed by atoms with Gasteiger partial charge in [-0.2, -0.15) is 0 Å². The molecule has 0 radical (unpaired) electrons. The van der Waals surface area contributed by atoms with Crippen LogP contribution in [0.4, 0.5) is 0 Å². The number of hydrogen-bond acceptors (Lipinski definition) is 3. The zero-order valence-corrected chi connectivity index (χ0v) is 15.4. The average molecular weight is 360 g/mol. The van der Waals surface area contributed by atoms with E-state index >= 15 is 0 Å². The van der Waals surface area contributed by atoms with Gasteiger partial charge in [0.1, 0.15) is 17.1 Å². The maximum Gasteiger partial charge on any atom is 0.224 e. The number of ether oxygens (including phenoxy) is 2. The average Bonchev–Trinajstić information content (AvgIpc) is 2.53. The fraction of sp³-hybridized carbons (Fsp3) is 0.350. The molecule has 1 atom stereocenters. The molecule has 0 aliphatic carbocycles. The van der Waals surface area contributed by atoms with Crippen LogP contribution in [0.2, 0.25) is 5.02 Å². The Kier molecular flexibility index (Phi) is 4.91. The lowest BCUT2D eigenvalue weighted by Gasteiger charge is -2.38. The number of benzene rings is 2. The van der Waals surface area contributed by atoms with Crippen molar-refractivity contribution in [2.24, 2.45) is 0 Å². The van der Waals surface area contributed by atoms with Crippen LogP contribution in [0.3, 0.4) is 0 Å². The van der Waals surface area contributed by atoms with Crippen molar-refractivity contribution in [3.8, 4) is 11.5 Å². The van der Waals surface area contributed by atoms with Crippen LogP contribution in [0.5, 0.6) is 11.5 Å². The molecule has 0 spiro atoms. The van der Waals surface area contributed by atoms with Crippen LogP contribution in [0.25, 0.3) is 0 Å². The van der Waals surface area contributed by atoms with Gasteiger partial charge in [-0.3, -0.25) is 4.79 Å². The fourth-order valence-corrected chi connectivity index (χ4v) is 3.38. The highest BCUT2D eigenvalue weighted by Gasteiger charge is 2.34. The van der Waals surface area contributed by atoms with Crippen molar-refractivity contribution in [1.82, 2.24) is 5.32 Å². The van der Waals surface area contributed by atoms with E-state index in [1.165, 1.54) is 0 Å². The number of methoxy groups -OCH3 is 1. The molecular formula is C20H22ClNO3. The minimum Gasteiger partial charge on any atom is -0.497 e. The summed E-state index contributed by atoms with van der Waals surface area (Å²) in [6.45, 7) is 4.04. The normalized spacial score (nSPS) is 18.0. The van der Waals surface area contributed by atoms with Crippen molar-refractivity contribution in [3.05, 3.63) is 58.6 Å². The second kappa shape index (κ2) is 6.96. The molecule has 1 aliphatic rings. The molecule has 4 nitrogen and oxygen atoms in total. The zero-order valence-electron chi connectivity index (χ0n) is 14.6. The third kappa shape index (κ3) is 4.26. The molecule has 25 heavy (non-hydrogen) atoms. The lowest BCUT2D eigenvalue weighted by molar-refractivity contribution is -0.121. The van der Waals surface area contributed by atoms with Gasteiger partial charge in [0.25, 0.3) is 0 Å². The van der Waals surface area contributed by atoms with E-state index in [0.717, 1.165) is 22.6 Å². The minimum atomic E-state index is -0.368. The molecule has 1 amide bonds. The van der Waals surface area contributed by atoms with Crippen molar-refractivity contribution in [2.75, 3.05) is 7.11 Å². The molecule has 132 valence electrons. The Balaban J connectivity index is 1.79. The van der Waals surface area contributed by atoms with E-state index in [1.54, 1.807) is 13.2 Å². The highest BCUT2D eigenvalue weighted by molar-refractivity contribution is 6.30. The monoisotopic (exact) mass is 359 g/mol. The van der Waals surface area contributed by atoms with Gasteiger partial charge in [-0.05, 0) is 43.7 Å². The van der Waals surface area contributed by atoms with E-state index in [0.29, 0.717) is 17.9 Å². The van der Waals surface area contributed by atoms with Crippen molar-refractivity contribution in [3.63, 3.8) is 0 Å². The number of nitrogens with one attached hydrogen (secondary N) is 1. The summed E-state index contributed by atoms with van der Waals surface area (Å²) in [5.41, 5.74) is 1.50. The van der Waals surface area contributed by atoms with Gasteiger partial charge in [0.05, 0.1) is 19.6 Å². The van der Waals surface area contributed by atoms with Crippen LogP contribution in [0.15, 0.2) is 42.5 Å². The van der Waals surface area contributed by atoms with Crippen LogP contribution in [-0.4, -0.2) is 18.6 Å². The van der Waals surface area contributed by atoms with Crippen LogP contribution < -0.4 is 14.8 Å². The number of fused-ring (bicyclic) bond motifs is 1. The molecule has 1 N–H and O–H groups in total. The number of carbonyl (C=O) groups is 1. The van der Waals surface area contributed by atoms with E-state index in [9.17, 15) is 4.79 Å². The summed E-state index contributed by atoms with van der Waals surface area (Å²) in [4.78, 5) is 12.5. The summed E-state index contributed by atoms with van der Waals surface area (Å²) in [6, 6.07) is 13.0. The third-order valence-electron chi connectivity index (χ3n) is 4.27. The van der Waals surface area contributed by atoms with Gasteiger partial charge in [0, 0.05) is 23.1 Å². The maximum atomic E-state index is 12.5. The summed E-state index contributed by atoms with van der Waals surface area (Å²) < 4.78 is 11.3. The zero-order chi connectivity index (χ0) is 18.0. The number of rotatable bonds is 4. The van der Waals surface area contributed by atoms with Gasteiger partial charge >= 0.3 is 0 Å². The highest BCUT2D eigenvalue weighted by Crippen LogP contribution is 2.41. The second-order valence-electron chi connectivity index (χ2n) is 6.90. The Morgan fingerprint density at radius 2 is 2.12 bits per heavy atom. The third-order valence-corrected chi connectivity index (χ3v) is 4.50. The van der Waals surface area contributed by atoms with Gasteiger partial charge in [-0.1, -0.05) is 23.7 Å². The van der Waals surface area contributed by atoms with E-state index in [4.69, 9.17) is 21.1 Å². The number of amides is 1. The Morgan fingerprint density at radius 1 is 1.32 bits per heavy atom. The standard InChI is InChI=1S/C20H22ClNO3/c1-20(2)12-17(16-8-7-15(24-3)11-18(16)25-20)22-19(23)10-13-5-4-6-14(21)9-13/h4-9,11,17H,10,12H2,1-3H3,(H,22,23). The molecular weight excluding hydrogens is 338 g/mol. The molecule has 1 unspecified atom stereocenters. The van der Waals surface area contributed by atoms with Crippen molar-refractivity contribution in [1.29, 1.82) is 0 Å². The van der Waals surface area contributed by atoms with Gasteiger partial charge in [0.15, 0.2) is 0 Å². The van der Waals surface area contributed by atoms with Gasteiger partial charge < -0.3 is 14.8 Å². The number of hydrogen-bond donors (Lipinski definition) is 1. The van der Waals surface area contributed by atoms with Crippen LogP contribution in [-0.2, 0) is 11.2 Å². The summed E-state index contributed by atoms with van der Waals surface area (Å²) in [7, 11) is 1.62. The Hall–Kier alpha value is -2.20. The molecule has 0 saturated heterocycles. The first-order valence-electron chi connectivity index (χ1n) is 8.27. The van der Waals surface area contributed by atoms with Crippen molar-refractivity contribution in [2.45, 2.75) is 38.3 Å². The first-order chi connectivity index (χ1) is 11.9. The van der Waals surface area contributed by atoms with E-state index in [-0.39, 0.29) is 17.6 Å². The smallest absolute Gasteiger partial charge is 0.224 e. The van der Waals surface area contributed by atoms with Crippen molar-refractivity contribution < 1.29 is 14.3 Å². The minimum absolute atomic E-state index is 0.0354. The number of halogens is 1. The summed E-state index contributed by atoms with van der Waals surface area (Å²) >= 11 is 5.99. The topological polar surface area (TPSA) is 47.6 Å². The molecule has 5 heteroatoms. The van der Waals surface area contributed by atoms with E-state index < -0.39 is 0 Å². The maximum absolute atomic E-state index is 12.5. The largest absolute Gasteiger partial charge is 0.497 e. The summed E-state index contributed by atoms with van der Waals surface area (Å²) in [5.74, 6) is 1.45. The molecule has 0 bridgehead atoms. The highest BCUT2D eigenvalue weighted by atomic mass is 35.5. The quantitative estimate of drug-likeness (QED) is 0.884. The SMILES string of the molecule is COc1ccc2c(c1)OC(C)(C)CC2NC(=O)Cc1cccc(Cl)c1. The lowest BCUT2D eigenvalue weighted by atomic mass is 9.89. The Labute approximate surface area is 153 Å². The summed E-state index contributed by atoms with van der Waals surface area (Å²) in [5, 5.41) is 3.77. The Bertz CT molecular complexity index is 788. The second-order valence-corrected chi connectivity index (χ2v) is 7.33. The fourth-order valence-electron chi connectivity index (χ4n) is 3.17. The van der Waals surface area contributed by atoms with Crippen LogP contribution >= 0.6 is 11.6 Å². The number of carbonyl (C=O) groups excluding carboxylic acids is 1. The molecule has 1 heterocycles. The molecule has 2 aromatic rings. The van der Waals surface area contributed by atoms with Crippen molar-refractivity contribution >= 4 is 17.5 Å². The predicted molar refractivity (Wildman–Crippen MR) is 98.4 cm³/mol. The molecule has 0 fully saturated rings. The van der Waals surface area contributed by atoms with Crippen LogP contribution in [0.1, 0.15) is 37.4 Å². The van der Waals surface area contributed by atoms with Gasteiger partial charge in [-0.25, -0.2) is 0 Å². The van der Waals surface area contributed by atoms with Crippen LogP contribution in [0, 0.1) is 0 Å². The first kappa shape index (κ1) is 17.6. The van der Waals surface area contributed by atoms with E-state index in [1.807, 2.05) is 50.2 Å². The van der Waals surface area contributed by atoms with Gasteiger partial charge in [-0.15, -0.1) is 0 Å². The van der Waals surface area contributed by atoms with Gasteiger partial charge in [0.2, 0.25) is 5.91 Å². The molecule has 0 aromatic heterocycles. The lowest BCUT2D eigenvalue weighted by Crippen LogP contribution is -2.41. The molecule has 3 rings (SSSR count).